The van der Waals surface area contributed by atoms with Gasteiger partial charge in [-0.3, -0.25) is 4.79 Å². The van der Waals surface area contributed by atoms with Crippen molar-refractivity contribution in [2.75, 3.05) is 11.9 Å². The van der Waals surface area contributed by atoms with Gasteiger partial charge in [0.2, 0.25) is 0 Å². The van der Waals surface area contributed by atoms with Crippen LogP contribution in [0.1, 0.15) is 24.5 Å². The van der Waals surface area contributed by atoms with Gasteiger partial charge in [-0.1, -0.05) is 30.3 Å². The van der Waals surface area contributed by atoms with Crippen LogP contribution in [0.15, 0.2) is 56.5 Å². The first-order chi connectivity index (χ1) is 12.0. The third kappa shape index (κ3) is 6.63. The molecule has 0 heterocycles. The zero-order valence-electron chi connectivity index (χ0n) is 14.3. The SMILES string of the molecule is C/C(CCc1ccccc1)=N\NC(=O)CNc1c(Br)cc(C)cc1Br. The molecule has 0 aliphatic heterocycles. The fourth-order valence-corrected chi connectivity index (χ4v) is 3.96. The van der Waals surface area contributed by atoms with Crippen LogP contribution in [0.3, 0.4) is 0 Å². The first-order valence-electron chi connectivity index (χ1n) is 8.01. The van der Waals surface area contributed by atoms with Gasteiger partial charge in [0.15, 0.2) is 0 Å². The second kappa shape index (κ2) is 9.73. The molecule has 0 radical (unpaired) electrons. The summed E-state index contributed by atoms with van der Waals surface area (Å²) in [6.07, 6.45) is 1.72. The van der Waals surface area contributed by atoms with E-state index >= 15 is 0 Å². The predicted molar refractivity (Wildman–Crippen MR) is 111 cm³/mol. The Kier molecular flexibility index (Phi) is 7.65. The highest BCUT2D eigenvalue weighted by molar-refractivity contribution is 9.11. The molecule has 0 fully saturated rings. The van der Waals surface area contributed by atoms with Gasteiger partial charge >= 0.3 is 0 Å². The van der Waals surface area contributed by atoms with E-state index in [1.165, 1.54) is 5.56 Å². The Morgan fingerprint density at radius 2 is 1.76 bits per heavy atom. The lowest BCUT2D eigenvalue weighted by atomic mass is 10.1. The van der Waals surface area contributed by atoms with Gasteiger partial charge in [-0.05, 0) is 81.8 Å². The van der Waals surface area contributed by atoms with Crippen LogP contribution in [0.2, 0.25) is 0 Å². The predicted octanol–water partition coefficient (Wildman–Crippen LogP) is 5.06. The van der Waals surface area contributed by atoms with Crippen molar-refractivity contribution >= 4 is 49.2 Å². The molecule has 132 valence electrons. The maximum Gasteiger partial charge on any atom is 0.259 e. The number of carbonyl (C=O) groups excluding carboxylic acids is 1. The average Bonchev–Trinajstić information content (AvgIpc) is 2.58. The normalized spacial score (nSPS) is 11.3. The number of aryl methyl sites for hydroxylation is 2. The topological polar surface area (TPSA) is 53.5 Å². The maximum absolute atomic E-state index is 12.0. The lowest BCUT2D eigenvalue weighted by molar-refractivity contribution is -0.119. The lowest BCUT2D eigenvalue weighted by Gasteiger charge is -2.11. The van der Waals surface area contributed by atoms with Crippen LogP contribution in [-0.4, -0.2) is 18.2 Å². The Hall–Kier alpha value is -1.66. The molecule has 0 unspecified atom stereocenters. The van der Waals surface area contributed by atoms with Crippen LogP contribution >= 0.6 is 31.9 Å². The van der Waals surface area contributed by atoms with Gasteiger partial charge in [-0.15, -0.1) is 0 Å². The summed E-state index contributed by atoms with van der Waals surface area (Å²) in [5.41, 5.74) is 6.74. The molecule has 2 rings (SSSR count). The summed E-state index contributed by atoms with van der Waals surface area (Å²) in [6, 6.07) is 14.2. The minimum absolute atomic E-state index is 0.149. The molecule has 2 aromatic carbocycles. The van der Waals surface area contributed by atoms with E-state index in [-0.39, 0.29) is 12.5 Å². The van der Waals surface area contributed by atoms with Gasteiger partial charge in [0.25, 0.3) is 5.91 Å². The summed E-state index contributed by atoms with van der Waals surface area (Å²) in [5, 5.41) is 7.28. The van der Waals surface area contributed by atoms with Crippen LogP contribution in [0.4, 0.5) is 5.69 Å². The van der Waals surface area contributed by atoms with Gasteiger partial charge in [-0.2, -0.15) is 5.10 Å². The van der Waals surface area contributed by atoms with Crippen LogP contribution in [0.5, 0.6) is 0 Å². The highest BCUT2D eigenvalue weighted by Gasteiger charge is 2.08. The van der Waals surface area contributed by atoms with E-state index in [9.17, 15) is 4.79 Å². The van der Waals surface area contributed by atoms with Crippen LogP contribution < -0.4 is 10.7 Å². The number of halogens is 2. The first-order valence-corrected chi connectivity index (χ1v) is 9.59. The molecule has 0 saturated carbocycles. The molecule has 2 N–H and O–H groups in total. The second-order valence-electron chi connectivity index (χ2n) is 5.82. The van der Waals surface area contributed by atoms with Crippen LogP contribution in [0, 0.1) is 6.92 Å². The largest absolute Gasteiger partial charge is 0.374 e. The van der Waals surface area contributed by atoms with E-state index in [1.54, 1.807) is 0 Å². The van der Waals surface area contributed by atoms with Crippen molar-refractivity contribution < 1.29 is 4.79 Å². The van der Waals surface area contributed by atoms with Crippen molar-refractivity contribution in [3.63, 3.8) is 0 Å². The maximum atomic E-state index is 12.0. The van der Waals surface area contributed by atoms with E-state index < -0.39 is 0 Å². The molecule has 4 nitrogen and oxygen atoms in total. The molecule has 0 aromatic heterocycles. The smallest absolute Gasteiger partial charge is 0.259 e. The number of hydrazone groups is 1. The molecule has 1 amide bonds. The number of anilines is 1. The molecule has 0 bridgehead atoms. The molecule has 6 heteroatoms. The Balaban J connectivity index is 1.80. The van der Waals surface area contributed by atoms with Crippen molar-refractivity contribution in [3.05, 3.63) is 62.5 Å². The molecule has 0 spiro atoms. The second-order valence-corrected chi connectivity index (χ2v) is 7.53. The van der Waals surface area contributed by atoms with E-state index in [2.05, 4.69) is 59.8 Å². The van der Waals surface area contributed by atoms with Gasteiger partial charge in [-0.25, -0.2) is 5.43 Å². The third-order valence-electron chi connectivity index (χ3n) is 3.60. The zero-order valence-corrected chi connectivity index (χ0v) is 17.4. The minimum atomic E-state index is -0.182. The zero-order chi connectivity index (χ0) is 18.2. The number of nitrogens with zero attached hydrogens (tertiary/aromatic N) is 1. The monoisotopic (exact) mass is 465 g/mol. The van der Waals surface area contributed by atoms with Crippen molar-refractivity contribution in [1.29, 1.82) is 0 Å². The molecule has 0 saturated heterocycles. The Morgan fingerprint density at radius 1 is 1.12 bits per heavy atom. The number of benzene rings is 2. The quantitative estimate of drug-likeness (QED) is 0.442. The third-order valence-corrected chi connectivity index (χ3v) is 4.85. The first kappa shape index (κ1) is 19.7. The van der Waals surface area contributed by atoms with Gasteiger partial charge in [0.05, 0.1) is 12.2 Å². The van der Waals surface area contributed by atoms with Gasteiger partial charge < -0.3 is 5.32 Å². The van der Waals surface area contributed by atoms with E-state index in [0.29, 0.717) is 0 Å². The summed E-state index contributed by atoms with van der Waals surface area (Å²) in [7, 11) is 0. The van der Waals surface area contributed by atoms with Gasteiger partial charge in [0.1, 0.15) is 0 Å². The van der Waals surface area contributed by atoms with Crippen molar-refractivity contribution in [3.8, 4) is 0 Å². The number of nitrogens with one attached hydrogen (secondary N) is 2. The molecule has 2 aromatic rings. The summed E-state index contributed by atoms with van der Waals surface area (Å²) in [4.78, 5) is 12.0. The highest BCUT2D eigenvalue weighted by atomic mass is 79.9. The molecule has 0 aliphatic carbocycles. The Bertz CT molecular complexity index is 738. The Morgan fingerprint density at radius 3 is 2.40 bits per heavy atom. The van der Waals surface area contributed by atoms with Crippen LogP contribution in [0.25, 0.3) is 0 Å². The van der Waals surface area contributed by atoms with Crippen molar-refractivity contribution in [2.45, 2.75) is 26.7 Å². The van der Waals surface area contributed by atoms with Crippen molar-refractivity contribution in [2.24, 2.45) is 5.10 Å². The fourth-order valence-electron chi connectivity index (χ4n) is 2.26. The number of hydrogen-bond acceptors (Lipinski definition) is 3. The number of hydrogen-bond donors (Lipinski definition) is 2. The van der Waals surface area contributed by atoms with E-state index in [0.717, 1.165) is 38.7 Å². The van der Waals surface area contributed by atoms with E-state index in [4.69, 9.17) is 0 Å². The number of rotatable bonds is 7. The van der Waals surface area contributed by atoms with Crippen LogP contribution in [-0.2, 0) is 11.2 Å². The molecule has 0 atom stereocenters. The average molecular weight is 467 g/mol. The summed E-state index contributed by atoms with van der Waals surface area (Å²) in [6.45, 7) is 4.08. The molecular weight excluding hydrogens is 446 g/mol. The standard InChI is InChI=1S/C19H21Br2N3O/c1-13-10-16(20)19(17(21)11-13)22-12-18(25)24-23-14(2)8-9-15-6-4-3-5-7-15/h3-7,10-11,22H,8-9,12H2,1-2H3,(H,24,25)/b23-14+. The lowest BCUT2D eigenvalue weighted by Crippen LogP contribution is -2.27. The minimum Gasteiger partial charge on any atom is -0.374 e. The highest BCUT2D eigenvalue weighted by Crippen LogP contribution is 2.32. The number of carbonyl (C=O) groups is 1. The molecule has 0 aliphatic rings. The molecule has 25 heavy (non-hydrogen) atoms. The Labute approximate surface area is 165 Å². The summed E-state index contributed by atoms with van der Waals surface area (Å²) >= 11 is 7.00. The van der Waals surface area contributed by atoms with E-state index in [1.807, 2.05) is 44.2 Å². The molecular formula is C19H21Br2N3O. The summed E-state index contributed by atoms with van der Waals surface area (Å²) < 4.78 is 1.82. The van der Waals surface area contributed by atoms with Crippen molar-refractivity contribution in [1.82, 2.24) is 5.43 Å². The fraction of sp³-hybridized carbons (Fsp3) is 0.263. The number of amides is 1. The van der Waals surface area contributed by atoms with Gasteiger partial charge in [0, 0.05) is 14.7 Å². The summed E-state index contributed by atoms with van der Waals surface area (Å²) in [5.74, 6) is -0.182.